The SMILES string of the molecule is Cc1ccc(CCC(=O)NCC2CNC(=O)c3ccccc32)cc1. The van der Waals surface area contributed by atoms with E-state index in [1.54, 1.807) is 0 Å². The van der Waals surface area contributed by atoms with Crippen molar-refractivity contribution in [1.29, 1.82) is 0 Å². The molecule has 1 heterocycles. The minimum atomic E-state index is -0.0347. The van der Waals surface area contributed by atoms with Crippen LogP contribution in [0.3, 0.4) is 0 Å². The summed E-state index contributed by atoms with van der Waals surface area (Å²) in [5.74, 6) is 0.139. The average Bonchev–Trinajstić information content (AvgIpc) is 2.61. The Morgan fingerprint density at radius 2 is 1.92 bits per heavy atom. The Bertz CT molecular complexity index is 738. The van der Waals surface area contributed by atoms with E-state index in [-0.39, 0.29) is 17.7 Å². The van der Waals surface area contributed by atoms with Gasteiger partial charge < -0.3 is 10.6 Å². The van der Waals surface area contributed by atoms with Crippen molar-refractivity contribution in [2.45, 2.75) is 25.7 Å². The molecule has 0 radical (unpaired) electrons. The highest BCUT2D eigenvalue weighted by molar-refractivity contribution is 5.97. The second-order valence-electron chi connectivity index (χ2n) is 6.28. The summed E-state index contributed by atoms with van der Waals surface area (Å²) in [6.45, 7) is 3.16. The number of amides is 2. The minimum absolute atomic E-state index is 0.0347. The summed E-state index contributed by atoms with van der Waals surface area (Å²) in [5.41, 5.74) is 4.12. The van der Waals surface area contributed by atoms with Crippen LogP contribution in [0.25, 0.3) is 0 Å². The van der Waals surface area contributed by atoms with Crippen LogP contribution in [-0.2, 0) is 11.2 Å². The second kappa shape index (κ2) is 7.30. The Balaban J connectivity index is 1.52. The molecule has 1 atom stereocenters. The number of fused-ring (bicyclic) bond motifs is 1. The number of hydrogen-bond donors (Lipinski definition) is 2. The van der Waals surface area contributed by atoms with Gasteiger partial charge in [-0.1, -0.05) is 48.0 Å². The molecule has 2 aromatic rings. The van der Waals surface area contributed by atoms with Gasteiger partial charge in [0.05, 0.1) is 0 Å². The van der Waals surface area contributed by atoms with Crippen LogP contribution in [0.15, 0.2) is 48.5 Å². The van der Waals surface area contributed by atoms with Crippen LogP contribution in [0.5, 0.6) is 0 Å². The summed E-state index contributed by atoms with van der Waals surface area (Å²) in [6.07, 6.45) is 1.22. The molecule has 24 heavy (non-hydrogen) atoms. The van der Waals surface area contributed by atoms with Crippen LogP contribution >= 0.6 is 0 Å². The first-order valence-electron chi connectivity index (χ1n) is 8.33. The number of hydrogen-bond acceptors (Lipinski definition) is 2. The maximum Gasteiger partial charge on any atom is 0.251 e. The highest BCUT2D eigenvalue weighted by atomic mass is 16.2. The minimum Gasteiger partial charge on any atom is -0.355 e. The molecule has 2 N–H and O–H groups in total. The van der Waals surface area contributed by atoms with Crippen molar-refractivity contribution in [3.05, 3.63) is 70.8 Å². The maximum absolute atomic E-state index is 12.1. The lowest BCUT2D eigenvalue weighted by atomic mass is 9.90. The third-order valence-electron chi connectivity index (χ3n) is 4.46. The third kappa shape index (κ3) is 3.82. The van der Waals surface area contributed by atoms with E-state index in [0.717, 1.165) is 12.0 Å². The number of carbonyl (C=O) groups excluding carboxylic acids is 2. The quantitative estimate of drug-likeness (QED) is 0.889. The van der Waals surface area contributed by atoms with Gasteiger partial charge in [-0.3, -0.25) is 9.59 Å². The Labute approximate surface area is 142 Å². The lowest BCUT2D eigenvalue weighted by molar-refractivity contribution is -0.121. The molecule has 2 aromatic carbocycles. The molecule has 0 saturated heterocycles. The Hall–Kier alpha value is -2.62. The Morgan fingerprint density at radius 1 is 1.17 bits per heavy atom. The first kappa shape index (κ1) is 16.2. The van der Waals surface area contributed by atoms with Gasteiger partial charge in [0, 0.05) is 31.0 Å². The zero-order valence-corrected chi connectivity index (χ0v) is 13.8. The van der Waals surface area contributed by atoms with E-state index in [4.69, 9.17) is 0 Å². The summed E-state index contributed by atoms with van der Waals surface area (Å²) in [6, 6.07) is 15.9. The topological polar surface area (TPSA) is 58.2 Å². The van der Waals surface area contributed by atoms with Gasteiger partial charge in [0.2, 0.25) is 5.91 Å². The van der Waals surface area contributed by atoms with Crippen molar-refractivity contribution in [3.8, 4) is 0 Å². The molecule has 3 rings (SSSR count). The standard InChI is InChI=1S/C20H22N2O2/c1-14-6-8-15(9-7-14)10-11-19(23)21-12-16-13-22-20(24)18-5-3-2-4-17(16)18/h2-9,16H,10-13H2,1H3,(H,21,23)(H,22,24). The van der Waals surface area contributed by atoms with Crippen LogP contribution in [0.2, 0.25) is 0 Å². The van der Waals surface area contributed by atoms with Gasteiger partial charge in [0.1, 0.15) is 0 Å². The molecular formula is C20H22N2O2. The molecule has 0 fully saturated rings. The van der Waals surface area contributed by atoms with Crippen LogP contribution in [0, 0.1) is 6.92 Å². The van der Waals surface area contributed by atoms with E-state index in [1.165, 1.54) is 11.1 Å². The first-order chi connectivity index (χ1) is 11.6. The maximum atomic E-state index is 12.1. The Kier molecular flexibility index (Phi) is 4.94. The molecule has 1 unspecified atom stereocenters. The van der Waals surface area contributed by atoms with Gasteiger partial charge in [-0.25, -0.2) is 0 Å². The molecule has 4 heteroatoms. The molecule has 0 aliphatic carbocycles. The zero-order chi connectivity index (χ0) is 16.9. The highest BCUT2D eigenvalue weighted by Gasteiger charge is 2.24. The summed E-state index contributed by atoms with van der Waals surface area (Å²) in [4.78, 5) is 24.0. The van der Waals surface area contributed by atoms with Crippen molar-refractivity contribution in [1.82, 2.24) is 10.6 Å². The van der Waals surface area contributed by atoms with E-state index in [0.29, 0.717) is 25.1 Å². The number of rotatable bonds is 5. The predicted molar refractivity (Wildman–Crippen MR) is 94.0 cm³/mol. The molecule has 4 nitrogen and oxygen atoms in total. The van der Waals surface area contributed by atoms with E-state index in [9.17, 15) is 9.59 Å². The van der Waals surface area contributed by atoms with Crippen molar-refractivity contribution >= 4 is 11.8 Å². The number of aryl methyl sites for hydroxylation is 2. The van der Waals surface area contributed by atoms with Gasteiger partial charge in [-0.2, -0.15) is 0 Å². The molecule has 124 valence electrons. The molecule has 0 saturated carbocycles. The summed E-state index contributed by atoms with van der Waals surface area (Å²) in [7, 11) is 0. The number of nitrogens with one attached hydrogen (secondary N) is 2. The Morgan fingerprint density at radius 3 is 2.71 bits per heavy atom. The zero-order valence-electron chi connectivity index (χ0n) is 13.8. The lowest BCUT2D eigenvalue weighted by Crippen LogP contribution is -2.40. The third-order valence-corrected chi connectivity index (χ3v) is 4.46. The fourth-order valence-electron chi connectivity index (χ4n) is 3.00. The fraction of sp³-hybridized carbons (Fsp3) is 0.300. The van der Waals surface area contributed by atoms with Crippen LogP contribution in [0.1, 0.15) is 39.4 Å². The van der Waals surface area contributed by atoms with Crippen molar-refractivity contribution < 1.29 is 9.59 Å². The summed E-state index contributed by atoms with van der Waals surface area (Å²) < 4.78 is 0. The molecule has 0 spiro atoms. The fourth-order valence-corrected chi connectivity index (χ4v) is 3.00. The molecule has 0 bridgehead atoms. The van der Waals surface area contributed by atoms with Crippen LogP contribution < -0.4 is 10.6 Å². The summed E-state index contributed by atoms with van der Waals surface area (Å²) >= 11 is 0. The summed E-state index contributed by atoms with van der Waals surface area (Å²) in [5, 5.41) is 5.88. The van der Waals surface area contributed by atoms with Gasteiger partial charge in [0.25, 0.3) is 5.91 Å². The highest BCUT2D eigenvalue weighted by Crippen LogP contribution is 2.23. The van der Waals surface area contributed by atoms with Gasteiger partial charge >= 0.3 is 0 Å². The van der Waals surface area contributed by atoms with Gasteiger partial charge in [0.15, 0.2) is 0 Å². The van der Waals surface area contributed by atoms with Gasteiger partial charge in [-0.15, -0.1) is 0 Å². The normalized spacial score (nSPS) is 16.2. The number of benzene rings is 2. The van der Waals surface area contributed by atoms with E-state index < -0.39 is 0 Å². The molecular weight excluding hydrogens is 300 g/mol. The predicted octanol–water partition coefficient (Wildman–Crippen LogP) is 2.57. The second-order valence-corrected chi connectivity index (χ2v) is 6.28. The van der Waals surface area contributed by atoms with E-state index in [1.807, 2.05) is 24.3 Å². The molecule has 1 aliphatic rings. The van der Waals surface area contributed by atoms with E-state index in [2.05, 4.69) is 41.8 Å². The van der Waals surface area contributed by atoms with Crippen molar-refractivity contribution in [2.24, 2.45) is 0 Å². The van der Waals surface area contributed by atoms with E-state index >= 15 is 0 Å². The monoisotopic (exact) mass is 322 g/mol. The van der Waals surface area contributed by atoms with Crippen LogP contribution in [-0.4, -0.2) is 24.9 Å². The smallest absolute Gasteiger partial charge is 0.251 e. The molecule has 0 aromatic heterocycles. The largest absolute Gasteiger partial charge is 0.355 e. The average molecular weight is 322 g/mol. The lowest BCUT2D eigenvalue weighted by Gasteiger charge is -2.25. The molecule has 1 aliphatic heterocycles. The van der Waals surface area contributed by atoms with Crippen LogP contribution in [0.4, 0.5) is 0 Å². The number of carbonyl (C=O) groups is 2. The molecule has 2 amide bonds. The van der Waals surface area contributed by atoms with Gasteiger partial charge in [-0.05, 0) is 30.5 Å². The first-order valence-corrected chi connectivity index (χ1v) is 8.33. The van der Waals surface area contributed by atoms with Crippen molar-refractivity contribution in [2.75, 3.05) is 13.1 Å². The van der Waals surface area contributed by atoms with Crippen molar-refractivity contribution in [3.63, 3.8) is 0 Å².